The number of rotatable bonds is 5. The fourth-order valence-corrected chi connectivity index (χ4v) is 4.56. The van der Waals surface area contributed by atoms with Crippen LogP contribution in [0.5, 0.6) is 11.9 Å². The second kappa shape index (κ2) is 7.05. The van der Waals surface area contributed by atoms with E-state index in [0.717, 1.165) is 18.4 Å². The van der Waals surface area contributed by atoms with E-state index in [4.69, 9.17) is 9.47 Å². The quantitative estimate of drug-likeness (QED) is 0.869. The van der Waals surface area contributed by atoms with Crippen LogP contribution >= 0.6 is 0 Å². The highest BCUT2D eigenvalue weighted by molar-refractivity contribution is 5.33. The van der Waals surface area contributed by atoms with E-state index >= 15 is 0 Å². The van der Waals surface area contributed by atoms with Crippen molar-refractivity contribution in [2.24, 2.45) is 0 Å². The molecule has 0 spiro atoms. The summed E-state index contributed by atoms with van der Waals surface area (Å²) in [6, 6.07) is 7.40. The van der Waals surface area contributed by atoms with E-state index in [-0.39, 0.29) is 23.9 Å². The van der Waals surface area contributed by atoms with Crippen LogP contribution in [0, 0.1) is 5.82 Å². The zero-order valence-electron chi connectivity index (χ0n) is 15.6. The monoisotopic (exact) mass is 373 g/mol. The lowest BCUT2D eigenvalue weighted by atomic mass is 9.81. The van der Waals surface area contributed by atoms with Gasteiger partial charge in [-0.3, -0.25) is 4.90 Å². The molecule has 3 heterocycles. The van der Waals surface area contributed by atoms with Gasteiger partial charge in [0.05, 0.1) is 25.4 Å². The third-order valence-corrected chi connectivity index (χ3v) is 5.78. The minimum atomic E-state index is -1.04. The Balaban J connectivity index is 1.57. The molecular weight excluding hydrogens is 349 g/mol. The molecular formula is C20H24FN3O3. The normalized spacial score (nSPS) is 27.6. The third kappa shape index (κ3) is 3.37. The van der Waals surface area contributed by atoms with Crippen LogP contribution in [0.1, 0.15) is 36.8 Å². The standard InChI is InChI=1S/C20H24FN3O3/c1-26-18-17(11-22-19(23-18)27-2)20(25)9-15-6-7-16(10-20)24(15)12-13-4-3-5-14(21)8-13/h3-5,8,11,15-16,25H,6-7,9-10,12H2,1-2H3. The highest BCUT2D eigenvalue weighted by Gasteiger charge is 2.49. The molecule has 0 radical (unpaired) electrons. The highest BCUT2D eigenvalue weighted by atomic mass is 19.1. The van der Waals surface area contributed by atoms with E-state index in [1.807, 2.05) is 6.07 Å². The molecule has 6 nitrogen and oxygen atoms in total. The Morgan fingerprint density at radius 2 is 1.96 bits per heavy atom. The molecule has 4 rings (SSSR count). The predicted octanol–water partition coefficient (Wildman–Crippen LogP) is 2.65. The average Bonchev–Trinajstić information content (AvgIpc) is 2.91. The first-order valence-corrected chi connectivity index (χ1v) is 9.20. The summed E-state index contributed by atoms with van der Waals surface area (Å²) in [4.78, 5) is 10.8. The molecule has 2 saturated heterocycles. The van der Waals surface area contributed by atoms with Crippen LogP contribution in [0.25, 0.3) is 0 Å². The van der Waals surface area contributed by atoms with Gasteiger partial charge in [-0.05, 0) is 43.4 Å². The van der Waals surface area contributed by atoms with Crippen molar-refractivity contribution in [2.45, 2.75) is 49.9 Å². The molecule has 0 saturated carbocycles. The van der Waals surface area contributed by atoms with Crippen molar-refractivity contribution in [1.29, 1.82) is 0 Å². The van der Waals surface area contributed by atoms with E-state index in [2.05, 4.69) is 14.9 Å². The summed E-state index contributed by atoms with van der Waals surface area (Å²) in [5.74, 6) is 0.135. The number of hydrogen-bond acceptors (Lipinski definition) is 6. The van der Waals surface area contributed by atoms with Crippen LogP contribution in [0.2, 0.25) is 0 Å². The molecule has 0 aliphatic carbocycles. The van der Waals surface area contributed by atoms with E-state index in [9.17, 15) is 9.50 Å². The van der Waals surface area contributed by atoms with Crippen molar-refractivity contribution in [3.05, 3.63) is 47.4 Å². The molecule has 1 N–H and O–H groups in total. The lowest BCUT2D eigenvalue weighted by Crippen LogP contribution is -2.49. The summed E-state index contributed by atoms with van der Waals surface area (Å²) < 4.78 is 24.0. The Hall–Kier alpha value is -2.25. The van der Waals surface area contributed by atoms with Gasteiger partial charge in [0.2, 0.25) is 5.88 Å². The molecule has 2 aliphatic heterocycles. The van der Waals surface area contributed by atoms with Gasteiger partial charge in [-0.2, -0.15) is 4.98 Å². The van der Waals surface area contributed by atoms with E-state index in [0.29, 0.717) is 30.8 Å². The molecule has 2 bridgehead atoms. The van der Waals surface area contributed by atoms with Crippen molar-refractivity contribution < 1.29 is 19.0 Å². The zero-order chi connectivity index (χ0) is 19.0. The Labute approximate surface area is 158 Å². The number of halogens is 1. The summed E-state index contributed by atoms with van der Waals surface area (Å²) >= 11 is 0. The Kier molecular flexibility index (Phi) is 4.74. The van der Waals surface area contributed by atoms with Gasteiger partial charge in [0.1, 0.15) is 5.82 Å². The number of benzene rings is 1. The SMILES string of the molecule is COc1ncc(C2(O)CC3CCC(C2)N3Cc2cccc(F)c2)c(OC)n1. The largest absolute Gasteiger partial charge is 0.481 e. The van der Waals surface area contributed by atoms with Crippen LogP contribution in [0.3, 0.4) is 0 Å². The van der Waals surface area contributed by atoms with Crippen molar-refractivity contribution in [2.75, 3.05) is 14.2 Å². The summed E-state index contributed by atoms with van der Waals surface area (Å²) in [6.45, 7) is 0.694. The number of aliphatic hydroxyl groups is 1. The number of fused-ring (bicyclic) bond motifs is 2. The third-order valence-electron chi connectivity index (χ3n) is 5.78. The van der Waals surface area contributed by atoms with Crippen LogP contribution in [0.15, 0.2) is 30.5 Å². The Morgan fingerprint density at radius 1 is 1.22 bits per heavy atom. The maximum Gasteiger partial charge on any atom is 0.319 e. The van der Waals surface area contributed by atoms with Crippen LogP contribution in [-0.4, -0.2) is 46.3 Å². The molecule has 2 aliphatic rings. The van der Waals surface area contributed by atoms with E-state index in [1.165, 1.54) is 20.3 Å². The summed E-state index contributed by atoms with van der Waals surface area (Å²) in [7, 11) is 3.02. The topological polar surface area (TPSA) is 67.7 Å². The molecule has 7 heteroatoms. The molecule has 1 aromatic heterocycles. The van der Waals surface area contributed by atoms with Crippen LogP contribution < -0.4 is 9.47 Å². The van der Waals surface area contributed by atoms with E-state index < -0.39 is 5.60 Å². The number of aromatic nitrogens is 2. The van der Waals surface area contributed by atoms with Gasteiger partial charge in [0.15, 0.2) is 0 Å². The first kappa shape index (κ1) is 18.1. The lowest BCUT2D eigenvalue weighted by molar-refractivity contribution is -0.0613. The molecule has 0 amide bonds. The van der Waals surface area contributed by atoms with Gasteiger partial charge in [-0.25, -0.2) is 9.37 Å². The number of nitrogens with zero attached hydrogens (tertiary/aromatic N) is 3. The highest BCUT2D eigenvalue weighted by Crippen LogP contribution is 2.48. The number of hydrogen-bond donors (Lipinski definition) is 1. The van der Waals surface area contributed by atoms with Gasteiger partial charge in [-0.15, -0.1) is 0 Å². The first-order valence-electron chi connectivity index (χ1n) is 9.20. The maximum absolute atomic E-state index is 13.5. The van der Waals surface area contributed by atoms with Crippen molar-refractivity contribution in [3.63, 3.8) is 0 Å². The number of ether oxygens (including phenoxy) is 2. The molecule has 27 heavy (non-hydrogen) atoms. The summed E-state index contributed by atoms with van der Waals surface area (Å²) in [5.41, 5.74) is 0.526. The maximum atomic E-state index is 13.5. The molecule has 1 aromatic carbocycles. The second-order valence-corrected chi connectivity index (χ2v) is 7.41. The van der Waals surface area contributed by atoms with Crippen LogP contribution in [0.4, 0.5) is 4.39 Å². The fraction of sp³-hybridized carbons (Fsp3) is 0.500. The van der Waals surface area contributed by atoms with Crippen molar-refractivity contribution >= 4 is 0 Å². The lowest BCUT2D eigenvalue weighted by Gasteiger charge is -2.44. The number of methoxy groups -OCH3 is 2. The average molecular weight is 373 g/mol. The van der Waals surface area contributed by atoms with Crippen LogP contribution in [-0.2, 0) is 12.1 Å². The number of piperidine rings is 1. The second-order valence-electron chi connectivity index (χ2n) is 7.41. The Morgan fingerprint density at radius 3 is 2.59 bits per heavy atom. The molecule has 2 aromatic rings. The minimum absolute atomic E-state index is 0.214. The van der Waals surface area contributed by atoms with E-state index in [1.54, 1.807) is 18.3 Å². The van der Waals surface area contributed by atoms with Gasteiger partial charge in [0.25, 0.3) is 0 Å². The fourth-order valence-electron chi connectivity index (χ4n) is 4.56. The van der Waals surface area contributed by atoms with Gasteiger partial charge < -0.3 is 14.6 Å². The molecule has 144 valence electrons. The summed E-state index contributed by atoms with van der Waals surface area (Å²) in [5, 5.41) is 11.4. The van der Waals surface area contributed by atoms with Gasteiger partial charge >= 0.3 is 6.01 Å². The molecule has 2 unspecified atom stereocenters. The summed E-state index contributed by atoms with van der Waals surface area (Å²) in [6.07, 6.45) is 4.78. The van der Waals surface area contributed by atoms with Gasteiger partial charge in [0, 0.05) is 24.8 Å². The predicted molar refractivity (Wildman–Crippen MR) is 97.0 cm³/mol. The first-order chi connectivity index (χ1) is 13.0. The van der Waals surface area contributed by atoms with Gasteiger partial charge in [-0.1, -0.05) is 12.1 Å². The smallest absolute Gasteiger partial charge is 0.319 e. The minimum Gasteiger partial charge on any atom is -0.481 e. The molecule has 2 atom stereocenters. The molecule has 2 fully saturated rings. The Bertz CT molecular complexity index is 818. The van der Waals surface area contributed by atoms with Crippen molar-refractivity contribution in [1.82, 2.24) is 14.9 Å². The zero-order valence-corrected chi connectivity index (χ0v) is 15.6. The van der Waals surface area contributed by atoms with Crippen molar-refractivity contribution in [3.8, 4) is 11.9 Å².